The minimum atomic E-state index is -1.98. The molecular weight excluding hydrogens is 1120 g/mol. The summed E-state index contributed by atoms with van der Waals surface area (Å²) in [6.07, 6.45) is 32.1. The molecule has 19 nitrogen and oxygen atoms in total. The van der Waals surface area contributed by atoms with E-state index in [0.717, 1.165) is 64.2 Å². The highest BCUT2D eigenvalue weighted by Crippen LogP contribution is 2.33. The molecule has 17 unspecified atom stereocenters. The smallest absolute Gasteiger partial charge is 0.220 e. The highest BCUT2D eigenvalue weighted by Gasteiger charge is 2.53. The third-order valence-corrected chi connectivity index (χ3v) is 17.4. The molecule has 0 bridgehead atoms. The maximum absolute atomic E-state index is 13.3. The quantitative estimate of drug-likeness (QED) is 0.0200. The molecule has 87 heavy (non-hydrogen) atoms. The fraction of sp³-hybridized carbons (Fsp3) is 0.897. The number of carbonyl (C=O) groups excluding carboxylic acids is 1. The van der Waals surface area contributed by atoms with Gasteiger partial charge in [0.05, 0.1) is 38.6 Å². The van der Waals surface area contributed by atoms with Gasteiger partial charge in [0.15, 0.2) is 18.9 Å². The summed E-state index contributed by atoms with van der Waals surface area (Å²) in [5.74, 6) is -0.277. The van der Waals surface area contributed by atoms with E-state index in [1.165, 1.54) is 167 Å². The normalized spacial score (nSPS) is 28.8. The molecule has 3 heterocycles. The average molecular weight is 1240 g/mol. The molecule has 3 aliphatic rings. The van der Waals surface area contributed by atoms with Crippen molar-refractivity contribution in [2.24, 2.45) is 0 Å². The van der Waals surface area contributed by atoms with Gasteiger partial charge in [-0.2, -0.15) is 0 Å². The molecule has 3 aliphatic heterocycles. The van der Waals surface area contributed by atoms with Crippen LogP contribution in [-0.2, 0) is 33.2 Å². The van der Waals surface area contributed by atoms with Crippen molar-refractivity contribution in [2.75, 3.05) is 26.4 Å². The van der Waals surface area contributed by atoms with Crippen molar-refractivity contribution < 1.29 is 89.4 Å². The second-order valence-corrected chi connectivity index (χ2v) is 25.0. The first-order valence-corrected chi connectivity index (χ1v) is 34.7. The monoisotopic (exact) mass is 1240 g/mol. The number of aliphatic hydroxyl groups excluding tert-OH is 11. The fourth-order valence-corrected chi connectivity index (χ4v) is 11.8. The van der Waals surface area contributed by atoms with Gasteiger partial charge in [0, 0.05) is 6.42 Å². The van der Waals surface area contributed by atoms with E-state index in [4.69, 9.17) is 28.4 Å². The van der Waals surface area contributed by atoms with Gasteiger partial charge in [0.1, 0.15) is 73.2 Å². The Bertz CT molecular complexity index is 1720. The van der Waals surface area contributed by atoms with Crippen LogP contribution in [0.15, 0.2) is 36.5 Å². The summed E-state index contributed by atoms with van der Waals surface area (Å²) in [4.78, 5) is 13.3. The van der Waals surface area contributed by atoms with Crippen molar-refractivity contribution >= 4 is 5.91 Å². The standard InChI is InChI=1S/C68H125NO18/c1-3-5-7-9-11-12-13-14-15-16-17-18-19-20-21-22-23-24-25-26-27-28-29-30-31-32-33-34-35-36-37-38-40-42-44-46-56(74)69-51(52(73)45-43-41-39-10-8-6-4-2)50-82-66-62(80)59(77)64(54(48-71)84-66)87-68-63(81)60(78)65(55(49-72)85-68)86-67-61(79)58(76)57(75)53(47-70)83-67/h13-14,16-17,43,45,51-55,57-68,70-73,75-81H,3-12,15,18-42,44,46-50H2,1-2H3,(H,69,74)/b14-13-,17-16-,45-43+. The number of nitrogens with one attached hydrogen (secondary N) is 1. The summed E-state index contributed by atoms with van der Waals surface area (Å²) >= 11 is 0. The molecule has 510 valence electrons. The Morgan fingerprint density at radius 1 is 0.414 bits per heavy atom. The number of hydrogen-bond donors (Lipinski definition) is 12. The van der Waals surface area contributed by atoms with Crippen LogP contribution in [0.4, 0.5) is 0 Å². The molecule has 3 saturated heterocycles. The van der Waals surface area contributed by atoms with E-state index in [9.17, 15) is 61.0 Å². The summed E-state index contributed by atoms with van der Waals surface area (Å²) in [6.45, 7) is 1.65. The lowest BCUT2D eigenvalue weighted by molar-refractivity contribution is -0.379. The number of ether oxygens (including phenoxy) is 6. The van der Waals surface area contributed by atoms with Crippen LogP contribution in [0.3, 0.4) is 0 Å². The van der Waals surface area contributed by atoms with Crippen LogP contribution < -0.4 is 5.32 Å². The lowest BCUT2D eigenvalue weighted by atomic mass is 9.96. The molecule has 0 saturated carbocycles. The third kappa shape index (κ3) is 32.9. The van der Waals surface area contributed by atoms with E-state index < -0.39 is 124 Å². The molecule has 3 rings (SSSR count). The average Bonchev–Trinajstić information content (AvgIpc) is 2.35. The summed E-state index contributed by atoms with van der Waals surface area (Å²) < 4.78 is 34.2. The topological polar surface area (TPSA) is 307 Å². The second kappa shape index (κ2) is 50.6. The van der Waals surface area contributed by atoms with Crippen molar-refractivity contribution in [2.45, 2.75) is 362 Å². The van der Waals surface area contributed by atoms with Crippen LogP contribution in [0.25, 0.3) is 0 Å². The van der Waals surface area contributed by atoms with Crippen molar-refractivity contribution in [3.05, 3.63) is 36.5 Å². The number of rotatable bonds is 53. The zero-order chi connectivity index (χ0) is 63.3. The predicted molar refractivity (Wildman–Crippen MR) is 337 cm³/mol. The van der Waals surface area contributed by atoms with Crippen LogP contribution >= 0.6 is 0 Å². The highest BCUT2D eigenvalue weighted by atomic mass is 16.8. The molecule has 19 heteroatoms. The van der Waals surface area contributed by atoms with Gasteiger partial charge >= 0.3 is 0 Å². The van der Waals surface area contributed by atoms with Crippen LogP contribution in [0.2, 0.25) is 0 Å². The number of allylic oxidation sites excluding steroid dienone is 5. The number of amides is 1. The first-order valence-electron chi connectivity index (χ1n) is 34.7. The summed E-state index contributed by atoms with van der Waals surface area (Å²) in [6, 6.07) is -0.968. The lowest BCUT2D eigenvalue weighted by Crippen LogP contribution is -2.66. The van der Waals surface area contributed by atoms with Gasteiger partial charge in [-0.1, -0.05) is 237 Å². The van der Waals surface area contributed by atoms with E-state index in [1.807, 2.05) is 6.08 Å². The van der Waals surface area contributed by atoms with Crippen LogP contribution in [-0.4, -0.2) is 193 Å². The van der Waals surface area contributed by atoms with Gasteiger partial charge in [0.25, 0.3) is 0 Å². The molecule has 3 fully saturated rings. The molecule has 0 aliphatic carbocycles. The van der Waals surface area contributed by atoms with Gasteiger partial charge in [0.2, 0.25) is 5.91 Å². The zero-order valence-corrected chi connectivity index (χ0v) is 53.8. The van der Waals surface area contributed by atoms with Crippen LogP contribution in [0.5, 0.6) is 0 Å². The number of aliphatic hydroxyl groups is 11. The van der Waals surface area contributed by atoms with Gasteiger partial charge in [-0.15, -0.1) is 0 Å². The van der Waals surface area contributed by atoms with E-state index in [0.29, 0.717) is 6.42 Å². The van der Waals surface area contributed by atoms with E-state index >= 15 is 0 Å². The van der Waals surface area contributed by atoms with Gasteiger partial charge in [-0.25, -0.2) is 0 Å². The predicted octanol–water partition coefficient (Wildman–Crippen LogP) is 8.83. The maximum Gasteiger partial charge on any atom is 0.220 e. The summed E-state index contributed by atoms with van der Waals surface area (Å²) in [5, 5.41) is 120. The molecule has 17 atom stereocenters. The fourth-order valence-electron chi connectivity index (χ4n) is 11.8. The summed E-state index contributed by atoms with van der Waals surface area (Å²) in [5.41, 5.74) is 0. The van der Waals surface area contributed by atoms with Gasteiger partial charge in [-0.05, 0) is 51.4 Å². The molecular formula is C68H125NO18. The molecule has 12 N–H and O–H groups in total. The van der Waals surface area contributed by atoms with E-state index in [2.05, 4.69) is 43.5 Å². The van der Waals surface area contributed by atoms with E-state index in [1.54, 1.807) is 6.08 Å². The Morgan fingerprint density at radius 2 is 0.759 bits per heavy atom. The maximum atomic E-state index is 13.3. The van der Waals surface area contributed by atoms with Crippen LogP contribution in [0.1, 0.15) is 258 Å². The van der Waals surface area contributed by atoms with Gasteiger partial charge < -0.3 is 89.9 Å². The third-order valence-electron chi connectivity index (χ3n) is 17.4. The molecule has 0 aromatic rings. The first kappa shape index (κ1) is 79.2. The Balaban J connectivity index is 1.27. The number of hydrogen-bond acceptors (Lipinski definition) is 18. The number of carbonyl (C=O) groups is 1. The lowest BCUT2D eigenvalue weighted by Gasteiger charge is -2.48. The van der Waals surface area contributed by atoms with Crippen molar-refractivity contribution in [3.63, 3.8) is 0 Å². The first-order chi connectivity index (χ1) is 42.3. The van der Waals surface area contributed by atoms with Gasteiger partial charge in [-0.3, -0.25) is 4.79 Å². The molecule has 1 amide bonds. The molecule has 0 spiro atoms. The number of unbranched alkanes of at least 4 members (excludes halogenated alkanes) is 33. The Morgan fingerprint density at radius 3 is 1.17 bits per heavy atom. The Hall–Kier alpha value is -1.99. The molecule has 0 radical (unpaired) electrons. The zero-order valence-electron chi connectivity index (χ0n) is 53.8. The largest absolute Gasteiger partial charge is 0.394 e. The molecule has 0 aromatic heterocycles. The van der Waals surface area contributed by atoms with Crippen LogP contribution in [0, 0.1) is 0 Å². The highest BCUT2D eigenvalue weighted by molar-refractivity contribution is 5.76. The van der Waals surface area contributed by atoms with Crippen molar-refractivity contribution in [3.8, 4) is 0 Å². The van der Waals surface area contributed by atoms with Crippen molar-refractivity contribution in [1.82, 2.24) is 5.32 Å². The second-order valence-electron chi connectivity index (χ2n) is 25.0. The minimum Gasteiger partial charge on any atom is -0.394 e. The molecule has 0 aromatic carbocycles. The SMILES string of the molecule is CCCCCCC/C=C\C/C=C\CCCCCCCCCCCCCCCCCCCCCCCCCC(=O)NC(COC1OC(CO)C(OC2OC(CO)C(OC3OC(CO)C(O)C(O)C3O)C(O)C2O)C(O)C1O)C(O)/C=C/CCCCCCC. The Kier molecular flexibility index (Phi) is 46.0. The van der Waals surface area contributed by atoms with E-state index in [-0.39, 0.29) is 18.9 Å². The summed E-state index contributed by atoms with van der Waals surface area (Å²) in [7, 11) is 0. The minimum absolute atomic E-state index is 0.246. The Labute approximate surface area is 523 Å². The van der Waals surface area contributed by atoms with Crippen molar-refractivity contribution in [1.29, 1.82) is 0 Å².